The van der Waals surface area contributed by atoms with Crippen molar-refractivity contribution in [1.29, 1.82) is 0 Å². The molecule has 0 aliphatic carbocycles. The lowest BCUT2D eigenvalue weighted by atomic mass is 10.2. The van der Waals surface area contributed by atoms with E-state index in [-0.39, 0.29) is 0 Å². The lowest BCUT2D eigenvalue weighted by Gasteiger charge is -2.05. The fraction of sp³-hybridized carbons (Fsp3) is 0.615. The van der Waals surface area contributed by atoms with Crippen molar-refractivity contribution in [3.63, 3.8) is 0 Å². The van der Waals surface area contributed by atoms with Gasteiger partial charge in [0.25, 0.3) is 0 Å². The van der Waals surface area contributed by atoms with Crippen LogP contribution in [0.2, 0.25) is 0 Å². The maximum atomic E-state index is 4.59. The van der Waals surface area contributed by atoms with Crippen LogP contribution in [-0.2, 0) is 19.4 Å². The van der Waals surface area contributed by atoms with Crippen molar-refractivity contribution in [3.8, 4) is 0 Å². The lowest BCUT2D eigenvalue weighted by molar-refractivity contribution is 0.611. The van der Waals surface area contributed by atoms with Gasteiger partial charge in [-0.05, 0) is 26.7 Å². The zero-order valence-corrected chi connectivity index (χ0v) is 11.8. The Labute approximate surface area is 111 Å². The average Bonchev–Trinajstić information content (AvgIpc) is 2.76. The molecule has 0 fully saturated rings. The van der Waals surface area contributed by atoms with Crippen molar-refractivity contribution in [3.05, 3.63) is 27.2 Å². The molecule has 0 amide bonds. The summed E-state index contributed by atoms with van der Waals surface area (Å²) in [7, 11) is 0. The van der Waals surface area contributed by atoms with Gasteiger partial charge in [-0.2, -0.15) is 0 Å². The third-order valence-corrected chi connectivity index (χ3v) is 4.64. The number of rotatable bonds is 2. The summed E-state index contributed by atoms with van der Waals surface area (Å²) >= 11 is 1.78. The van der Waals surface area contributed by atoms with Gasteiger partial charge in [-0.15, -0.1) is 21.5 Å². The van der Waals surface area contributed by atoms with Crippen LogP contribution in [-0.4, -0.2) is 19.7 Å². The predicted molar refractivity (Wildman–Crippen MR) is 72.0 cm³/mol. The van der Waals surface area contributed by atoms with Gasteiger partial charge in [0, 0.05) is 17.8 Å². The summed E-state index contributed by atoms with van der Waals surface area (Å²) in [5, 5.41) is 9.84. The van der Waals surface area contributed by atoms with Crippen molar-refractivity contribution < 1.29 is 0 Å². The van der Waals surface area contributed by atoms with Crippen LogP contribution in [0.1, 0.15) is 46.5 Å². The highest BCUT2D eigenvalue weighted by atomic mass is 32.1. The first-order chi connectivity index (χ1) is 8.74. The molecule has 0 N–H and O–H groups in total. The monoisotopic (exact) mass is 262 g/mol. The van der Waals surface area contributed by atoms with Crippen LogP contribution in [0.25, 0.3) is 0 Å². The topological polar surface area (TPSA) is 43.6 Å². The zero-order chi connectivity index (χ0) is 12.5. The van der Waals surface area contributed by atoms with Gasteiger partial charge in [-0.1, -0.05) is 6.42 Å². The maximum absolute atomic E-state index is 4.59. The van der Waals surface area contributed by atoms with E-state index in [0.29, 0.717) is 0 Å². The first-order valence-corrected chi connectivity index (χ1v) is 7.39. The van der Waals surface area contributed by atoms with Gasteiger partial charge in [0.2, 0.25) is 0 Å². The molecule has 0 spiro atoms. The minimum Gasteiger partial charge on any atom is -0.315 e. The van der Waals surface area contributed by atoms with Gasteiger partial charge in [-0.3, -0.25) is 0 Å². The molecule has 3 heterocycles. The van der Waals surface area contributed by atoms with Crippen molar-refractivity contribution in [2.75, 3.05) is 0 Å². The van der Waals surface area contributed by atoms with Crippen LogP contribution in [0.15, 0.2) is 0 Å². The molecule has 0 radical (unpaired) electrons. The molecule has 5 heteroatoms. The van der Waals surface area contributed by atoms with Crippen LogP contribution >= 0.6 is 11.3 Å². The Balaban J connectivity index is 1.86. The van der Waals surface area contributed by atoms with E-state index in [2.05, 4.69) is 33.6 Å². The molecule has 0 saturated carbocycles. The maximum Gasteiger partial charge on any atom is 0.139 e. The molecule has 0 aromatic carbocycles. The van der Waals surface area contributed by atoms with E-state index < -0.39 is 0 Å². The predicted octanol–water partition coefficient (Wildman–Crippen LogP) is 2.67. The Bertz CT molecular complexity index is 536. The van der Waals surface area contributed by atoms with Crippen LogP contribution in [0.5, 0.6) is 0 Å². The summed E-state index contributed by atoms with van der Waals surface area (Å²) in [6, 6.07) is 0. The van der Waals surface area contributed by atoms with Gasteiger partial charge in [0.05, 0.1) is 12.1 Å². The molecule has 3 rings (SSSR count). The largest absolute Gasteiger partial charge is 0.315 e. The molecule has 2 aromatic rings. The Morgan fingerprint density at radius 1 is 1.17 bits per heavy atom. The lowest BCUT2D eigenvalue weighted by Crippen LogP contribution is -2.06. The molecule has 0 unspecified atom stereocenters. The quantitative estimate of drug-likeness (QED) is 0.835. The third-order valence-electron chi connectivity index (χ3n) is 3.57. The molecule has 0 atom stereocenters. The third kappa shape index (κ3) is 2.19. The Kier molecular flexibility index (Phi) is 3.16. The number of aryl methyl sites for hydroxylation is 3. The standard InChI is InChI=1S/C13H18N4S/c1-9-10(2)18-13(14-9)8-12-16-15-11-6-4-3-5-7-17(11)12/h3-8H2,1-2H3. The molecule has 18 heavy (non-hydrogen) atoms. The van der Waals surface area contributed by atoms with Crippen molar-refractivity contribution in [1.82, 2.24) is 19.7 Å². The summed E-state index contributed by atoms with van der Waals surface area (Å²) in [4.78, 5) is 5.90. The second-order valence-electron chi connectivity index (χ2n) is 4.92. The molecule has 96 valence electrons. The SMILES string of the molecule is Cc1nc(Cc2nnc3n2CCCCC3)sc1C. The fourth-order valence-corrected chi connectivity index (χ4v) is 3.36. The molecular formula is C13H18N4S. The number of thiazole rings is 1. The second-order valence-corrected chi connectivity index (χ2v) is 6.21. The van der Waals surface area contributed by atoms with Crippen molar-refractivity contribution in [2.45, 2.75) is 52.5 Å². The highest BCUT2D eigenvalue weighted by molar-refractivity contribution is 7.11. The Morgan fingerprint density at radius 2 is 2.06 bits per heavy atom. The minimum atomic E-state index is 0.826. The van der Waals surface area contributed by atoms with Gasteiger partial charge in [0.1, 0.15) is 16.7 Å². The van der Waals surface area contributed by atoms with E-state index in [1.807, 2.05) is 0 Å². The summed E-state index contributed by atoms with van der Waals surface area (Å²) in [6.45, 7) is 5.27. The average molecular weight is 262 g/mol. The van der Waals surface area contributed by atoms with Crippen LogP contribution in [0.4, 0.5) is 0 Å². The van der Waals surface area contributed by atoms with Crippen LogP contribution in [0.3, 0.4) is 0 Å². The van der Waals surface area contributed by atoms with E-state index in [0.717, 1.165) is 41.7 Å². The molecule has 4 nitrogen and oxygen atoms in total. The zero-order valence-electron chi connectivity index (χ0n) is 10.9. The van der Waals surface area contributed by atoms with Gasteiger partial charge >= 0.3 is 0 Å². The molecule has 2 aromatic heterocycles. The molecule has 0 bridgehead atoms. The smallest absolute Gasteiger partial charge is 0.139 e. The first kappa shape index (κ1) is 11.8. The summed E-state index contributed by atoms with van der Waals surface area (Å²) in [5.41, 5.74) is 1.14. The molecule has 1 aliphatic heterocycles. The van der Waals surface area contributed by atoms with Crippen LogP contribution < -0.4 is 0 Å². The summed E-state index contributed by atoms with van der Waals surface area (Å²) in [5.74, 6) is 2.24. The van der Waals surface area contributed by atoms with Crippen molar-refractivity contribution in [2.24, 2.45) is 0 Å². The summed E-state index contributed by atoms with van der Waals surface area (Å²) in [6.07, 6.45) is 5.69. The van der Waals surface area contributed by atoms with Gasteiger partial charge in [0.15, 0.2) is 0 Å². The van der Waals surface area contributed by atoms with Gasteiger partial charge in [-0.25, -0.2) is 4.98 Å². The minimum absolute atomic E-state index is 0.826. The van der Waals surface area contributed by atoms with E-state index in [1.165, 1.54) is 24.1 Å². The van der Waals surface area contributed by atoms with E-state index in [1.54, 1.807) is 11.3 Å². The number of hydrogen-bond donors (Lipinski definition) is 0. The summed E-state index contributed by atoms with van der Waals surface area (Å²) < 4.78 is 2.30. The van der Waals surface area contributed by atoms with Crippen LogP contribution in [0, 0.1) is 13.8 Å². The molecule has 0 saturated heterocycles. The number of hydrogen-bond acceptors (Lipinski definition) is 4. The highest BCUT2D eigenvalue weighted by Gasteiger charge is 2.16. The normalized spacial score (nSPS) is 15.4. The first-order valence-electron chi connectivity index (χ1n) is 6.58. The van der Waals surface area contributed by atoms with E-state index in [4.69, 9.17) is 0 Å². The molecular weight excluding hydrogens is 244 g/mol. The molecule has 1 aliphatic rings. The van der Waals surface area contributed by atoms with Crippen molar-refractivity contribution >= 4 is 11.3 Å². The van der Waals surface area contributed by atoms with Gasteiger partial charge < -0.3 is 4.57 Å². The Hall–Kier alpha value is -1.23. The van der Waals surface area contributed by atoms with E-state index >= 15 is 0 Å². The van der Waals surface area contributed by atoms with E-state index in [9.17, 15) is 0 Å². The Morgan fingerprint density at radius 3 is 2.83 bits per heavy atom. The number of nitrogens with zero attached hydrogens (tertiary/aromatic N) is 4. The second kappa shape index (κ2) is 4.80. The number of fused-ring (bicyclic) bond motifs is 1. The number of aromatic nitrogens is 4. The highest BCUT2D eigenvalue weighted by Crippen LogP contribution is 2.21. The fourth-order valence-electron chi connectivity index (χ4n) is 2.43.